The fourth-order valence-corrected chi connectivity index (χ4v) is 2.44. The van der Waals surface area contributed by atoms with E-state index in [0.29, 0.717) is 11.5 Å². The monoisotopic (exact) mass is 315 g/mol. The summed E-state index contributed by atoms with van der Waals surface area (Å²) in [5.74, 6) is 0.509. The molecule has 0 unspecified atom stereocenters. The Morgan fingerprint density at radius 3 is 2.30 bits per heavy atom. The second-order valence-electron chi connectivity index (χ2n) is 6.78. The highest BCUT2D eigenvalue weighted by molar-refractivity contribution is 6.61. The van der Waals surface area contributed by atoms with Gasteiger partial charge in [-0.2, -0.15) is 0 Å². The molecule has 0 bridgehead atoms. The molecule has 1 aliphatic heterocycles. The minimum Gasteiger partial charge on any atom is -0.480 e. The van der Waals surface area contributed by atoms with Gasteiger partial charge in [-0.1, -0.05) is 0 Å². The van der Waals surface area contributed by atoms with E-state index in [4.69, 9.17) is 14.0 Å². The summed E-state index contributed by atoms with van der Waals surface area (Å²) < 4.78 is 19.4. The van der Waals surface area contributed by atoms with Crippen molar-refractivity contribution in [1.82, 2.24) is 14.5 Å². The van der Waals surface area contributed by atoms with E-state index in [1.54, 1.807) is 13.4 Å². The van der Waals surface area contributed by atoms with Crippen molar-refractivity contribution < 1.29 is 14.0 Å². The van der Waals surface area contributed by atoms with Crippen LogP contribution < -0.4 is 10.3 Å². The van der Waals surface area contributed by atoms with Crippen LogP contribution in [-0.2, 0) is 9.31 Å². The van der Waals surface area contributed by atoms with Gasteiger partial charge < -0.3 is 18.6 Å². The molecule has 23 heavy (non-hydrogen) atoms. The second-order valence-corrected chi connectivity index (χ2v) is 6.78. The Bertz CT molecular complexity index is 711. The first-order valence-corrected chi connectivity index (χ1v) is 7.65. The molecule has 3 heterocycles. The zero-order valence-corrected chi connectivity index (χ0v) is 14.5. The zero-order valence-electron chi connectivity index (χ0n) is 14.5. The van der Waals surface area contributed by atoms with Crippen LogP contribution in [0.25, 0.3) is 5.69 Å². The maximum Gasteiger partial charge on any atom is 0.514 e. The van der Waals surface area contributed by atoms with Crippen molar-refractivity contribution >= 4 is 12.7 Å². The van der Waals surface area contributed by atoms with Crippen LogP contribution in [0.3, 0.4) is 0 Å². The number of aromatic nitrogens is 3. The number of ether oxygens (including phenoxy) is 1. The third-order valence-electron chi connectivity index (χ3n) is 4.54. The molecule has 0 aliphatic carbocycles. The Morgan fingerprint density at radius 2 is 1.78 bits per heavy atom. The molecule has 3 rings (SSSR count). The molecule has 0 spiro atoms. The topological polar surface area (TPSA) is 58.4 Å². The fraction of sp³-hybridized carbons (Fsp3) is 0.500. The summed E-state index contributed by atoms with van der Waals surface area (Å²) in [5, 5.41) is 0. The number of imidazole rings is 1. The average Bonchev–Trinajstić information content (AvgIpc) is 2.99. The molecule has 1 fully saturated rings. The Labute approximate surface area is 136 Å². The summed E-state index contributed by atoms with van der Waals surface area (Å²) in [6, 6.07) is 3.84. The van der Waals surface area contributed by atoms with Crippen molar-refractivity contribution in [1.29, 1.82) is 0 Å². The molecule has 122 valence electrons. The van der Waals surface area contributed by atoms with Gasteiger partial charge in [0.1, 0.15) is 5.69 Å². The van der Waals surface area contributed by atoms with Crippen LogP contribution in [-0.4, -0.2) is 40.0 Å². The van der Waals surface area contributed by atoms with Crippen molar-refractivity contribution in [2.75, 3.05) is 7.11 Å². The first kappa shape index (κ1) is 16.0. The molecule has 1 saturated heterocycles. The van der Waals surface area contributed by atoms with Crippen LogP contribution in [0.4, 0.5) is 0 Å². The van der Waals surface area contributed by atoms with Gasteiger partial charge >= 0.3 is 7.12 Å². The van der Waals surface area contributed by atoms with Crippen LogP contribution in [0.5, 0.6) is 5.88 Å². The molecular weight excluding hydrogens is 293 g/mol. The van der Waals surface area contributed by atoms with Gasteiger partial charge in [0.15, 0.2) is 0 Å². The van der Waals surface area contributed by atoms with Crippen LogP contribution in [0.1, 0.15) is 33.4 Å². The molecule has 0 aromatic carbocycles. The minimum absolute atomic E-state index is 0.396. The highest BCUT2D eigenvalue weighted by Gasteiger charge is 2.52. The van der Waals surface area contributed by atoms with Crippen molar-refractivity contribution in [2.24, 2.45) is 0 Å². The van der Waals surface area contributed by atoms with Gasteiger partial charge in [-0.15, -0.1) is 0 Å². The summed E-state index contributed by atoms with van der Waals surface area (Å²) in [5.41, 5.74) is 1.66. The van der Waals surface area contributed by atoms with Gasteiger partial charge in [0.25, 0.3) is 0 Å². The molecular formula is C16H22BN3O3. The molecule has 2 aromatic heterocycles. The fourth-order valence-electron chi connectivity index (χ4n) is 2.44. The van der Waals surface area contributed by atoms with Crippen molar-refractivity contribution in [3.8, 4) is 11.6 Å². The van der Waals surface area contributed by atoms with Crippen LogP contribution in [0.2, 0.25) is 0 Å². The smallest absolute Gasteiger partial charge is 0.480 e. The molecule has 0 atom stereocenters. The normalized spacial score (nSPS) is 19.1. The number of pyridine rings is 1. The van der Waals surface area contributed by atoms with Crippen molar-refractivity contribution in [3.63, 3.8) is 0 Å². The van der Waals surface area contributed by atoms with Crippen molar-refractivity contribution in [3.05, 3.63) is 30.4 Å². The van der Waals surface area contributed by atoms with Gasteiger partial charge in [-0.25, -0.2) is 9.97 Å². The van der Waals surface area contributed by atoms with E-state index in [9.17, 15) is 0 Å². The third kappa shape index (κ3) is 2.75. The van der Waals surface area contributed by atoms with Gasteiger partial charge in [-0.05, 0) is 46.8 Å². The number of rotatable bonds is 3. The Kier molecular flexibility index (Phi) is 3.73. The SMILES string of the molecule is COc1nc(B2OC(C)(C)C(C)(C)O2)ccc1-n1cnc(C)c1. The standard InChI is InChI=1S/C16H22BN3O3/c1-11-9-20(10-18-11)12-7-8-13(19-14(12)21-6)17-22-15(2,3)16(4,5)23-17/h7-10H,1-6H3. The molecule has 0 amide bonds. The number of aryl methyl sites for hydroxylation is 1. The van der Waals surface area contributed by atoms with E-state index >= 15 is 0 Å². The summed E-state index contributed by atoms with van der Waals surface area (Å²) in [6.45, 7) is 10.0. The lowest BCUT2D eigenvalue weighted by Gasteiger charge is -2.32. The minimum atomic E-state index is -0.507. The maximum atomic E-state index is 6.04. The molecule has 2 aromatic rings. The molecule has 0 saturated carbocycles. The predicted molar refractivity (Wildman–Crippen MR) is 88.4 cm³/mol. The molecule has 1 aliphatic rings. The van der Waals surface area contributed by atoms with Crippen LogP contribution in [0, 0.1) is 6.92 Å². The largest absolute Gasteiger partial charge is 0.514 e. The van der Waals surface area contributed by atoms with E-state index in [1.807, 2.05) is 57.5 Å². The molecule has 0 N–H and O–H groups in total. The Balaban J connectivity index is 1.94. The van der Waals surface area contributed by atoms with Gasteiger partial charge in [0.05, 0.1) is 35.9 Å². The quantitative estimate of drug-likeness (QED) is 0.810. The summed E-state index contributed by atoms with van der Waals surface area (Å²) >= 11 is 0. The third-order valence-corrected chi connectivity index (χ3v) is 4.54. The Morgan fingerprint density at radius 1 is 1.13 bits per heavy atom. The lowest BCUT2D eigenvalue weighted by molar-refractivity contribution is 0.00578. The first-order chi connectivity index (χ1) is 10.7. The zero-order chi connectivity index (χ0) is 16.8. The van der Waals surface area contributed by atoms with E-state index in [0.717, 1.165) is 11.4 Å². The summed E-state index contributed by atoms with van der Waals surface area (Å²) in [6.07, 6.45) is 3.66. The molecule has 7 heteroatoms. The van der Waals surface area contributed by atoms with Gasteiger partial charge in [0, 0.05) is 6.20 Å². The number of hydrogen-bond donors (Lipinski definition) is 0. The first-order valence-electron chi connectivity index (χ1n) is 7.65. The van der Waals surface area contributed by atoms with E-state index < -0.39 is 18.3 Å². The van der Waals surface area contributed by atoms with E-state index in [2.05, 4.69) is 9.97 Å². The van der Waals surface area contributed by atoms with Gasteiger partial charge in [0.2, 0.25) is 5.88 Å². The van der Waals surface area contributed by atoms with Gasteiger partial charge in [-0.3, -0.25) is 0 Å². The molecule has 0 radical (unpaired) electrons. The Hall–Kier alpha value is -1.86. The molecule has 6 nitrogen and oxygen atoms in total. The van der Waals surface area contributed by atoms with Crippen LogP contribution >= 0.6 is 0 Å². The highest BCUT2D eigenvalue weighted by Crippen LogP contribution is 2.36. The predicted octanol–water partition coefficient (Wildman–Crippen LogP) is 1.88. The second kappa shape index (κ2) is 5.35. The van der Waals surface area contributed by atoms with E-state index in [-0.39, 0.29) is 0 Å². The lowest BCUT2D eigenvalue weighted by atomic mass is 9.84. The van der Waals surface area contributed by atoms with Crippen molar-refractivity contribution in [2.45, 2.75) is 45.8 Å². The average molecular weight is 315 g/mol. The van der Waals surface area contributed by atoms with E-state index in [1.165, 1.54) is 0 Å². The number of methoxy groups -OCH3 is 1. The number of nitrogens with zero attached hydrogens (tertiary/aromatic N) is 3. The highest BCUT2D eigenvalue weighted by atomic mass is 16.7. The maximum absolute atomic E-state index is 6.04. The lowest BCUT2D eigenvalue weighted by Crippen LogP contribution is -2.41. The number of hydrogen-bond acceptors (Lipinski definition) is 5. The van der Waals surface area contributed by atoms with Crippen LogP contribution in [0.15, 0.2) is 24.7 Å². The summed E-state index contributed by atoms with van der Waals surface area (Å²) in [4.78, 5) is 8.81. The summed E-state index contributed by atoms with van der Waals surface area (Å²) in [7, 11) is 1.09.